The van der Waals surface area contributed by atoms with Crippen molar-refractivity contribution in [3.8, 4) is 0 Å². The smallest absolute Gasteiger partial charge is 0.172 e. The van der Waals surface area contributed by atoms with Crippen LogP contribution in [-0.4, -0.2) is 17.6 Å². The Balaban J connectivity index is 0.000000276. The summed E-state index contributed by atoms with van der Waals surface area (Å²) in [5.41, 5.74) is 1.57. The van der Waals surface area contributed by atoms with E-state index in [-0.39, 0.29) is 0 Å². The lowest BCUT2D eigenvalue weighted by molar-refractivity contribution is 0.504. The van der Waals surface area contributed by atoms with Crippen LogP contribution in [0.3, 0.4) is 0 Å². The SMILES string of the molecule is C1CCCCC1.CCCB(C)c1ccn(C=N)c(=N)c1. The molecule has 0 amide bonds. The van der Waals surface area contributed by atoms with Gasteiger partial charge in [-0.3, -0.25) is 15.4 Å². The lowest BCUT2D eigenvalue weighted by Crippen LogP contribution is -2.32. The molecule has 1 heterocycles. The van der Waals surface area contributed by atoms with Crippen LogP contribution in [0.1, 0.15) is 51.9 Å². The summed E-state index contributed by atoms with van der Waals surface area (Å²) in [6.07, 6.45) is 14.2. The molecule has 0 saturated heterocycles. The molecular weight excluding hydrogens is 245 g/mol. The van der Waals surface area contributed by atoms with E-state index >= 15 is 0 Å². The molecule has 110 valence electrons. The summed E-state index contributed by atoms with van der Waals surface area (Å²) in [4.78, 5) is 0. The van der Waals surface area contributed by atoms with Crippen molar-refractivity contribution in [2.45, 2.75) is 65.0 Å². The van der Waals surface area contributed by atoms with E-state index in [0.717, 1.165) is 19.1 Å². The van der Waals surface area contributed by atoms with E-state index in [1.165, 1.54) is 48.6 Å². The molecule has 0 radical (unpaired) electrons. The minimum Gasteiger partial charge on any atom is -0.293 e. The molecule has 4 heteroatoms. The third-order valence-electron chi connectivity index (χ3n) is 3.94. The molecule has 0 unspecified atom stereocenters. The number of nitrogens with one attached hydrogen (secondary N) is 2. The second-order valence-electron chi connectivity index (χ2n) is 5.69. The third-order valence-corrected chi connectivity index (χ3v) is 3.94. The Kier molecular flexibility index (Phi) is 8.01. The van der Waals surface area contributed by atoms with Gasteiger partial charge in [0.05, 0.1) is 6.34 Å². The summed E-state index contributed by atoms with van der Waals surface area (Å²) in [7, 11) is 0. The van der Waals surface area contributed by atoms with Crippen LogP contribution in [0.4, 0.5) is 0 Å². The summed E-state index contributed by atoms with van der Waals surface area (Å²) < 4.78 is 1.49. The maximum atomic E-state index is 7.65. The number of hydrogen-bond acceptors (Lipinski definition) is 2. The molecule has 0 aliphatic heterocycles. The van der Waals surface area contributed by atoms with E-state index in [2.05, 4.69) is 13.7 Å². The van der Waals surface area contributed by atoms with E-state index in [1.807, 2.05) is 12.1 Å². The number of nitrogens with zero attached hydrogens (tertiary/aromatic N) is 1. The van der Waals surface area contributed by atoms with Crippen molar-refractivity contribution in [2.75, 3.05) is 0 Å². The molecule has 20 heavy (non-hydrogen) atoms. The summed E-state index contributed by atoms with van der Waals surface area (Å²) in [5, 5.41) is 14.7. The molecule has 1 aliphatic carbocycles. The lowest BCUT2D eigenvalue weighted by atomic mass is 9.44. The lowest BCUT2D eigenvalue weighted by Gasteiger charge is -2.07. The van der Waals surface area contributed by atoms with Gasteiger partial charge >= 0.3 is 0 Å². The zero-order valence-corrected chi connectivity index (χ0v) is 13.0. The van der Waals surface area contributed by atoms with Crippen molar-refractivity contribution in [2.24, 2.45) is 0 Å². The van der Waals surface area contributed by atoms with Crippen molar-refractivity contribution in [3.05, 3.63) is 23.8 Å². The first kappa shape index (κ1) is 16.7. The highest BCUT2D eigenvalue weighted by Crippen LogP contribution is 2.15. The third kappa shape index (κ3) is 5.76. The van der Waals surface area contributed by atoms with Crippen molar-refractivity contribution in [1.82, 2.24) is 4.57 Å². The predicted molar refractivity (Wildman–Crippen MR) is 88.5 cm³/mol. The van der Waals surface area contributed by atoms with Crippen LogP contribution in [0.5, 0.6) is 0 Å². The Morgan fingerprint density at radius 2 is 1.75 bits per heavy atom. The minimum atomic E-state index is 0.375. The first-order chi connectivity index (χ1) is 9.69. The van der Waals surface area contributed by atoms with Gasteiger partial charge in [0.1, 0.15) is 5.49 Å². The van der Waals surface area contributed by atoms with E-state index in [4.69, 9.17) is 10.8 Å². The highest BCUT2D eigenvalue weighted by Gasteiger charge is 2.08. The summed E-state index contributed by atoms with van der Waals surface area (Å²) in [5.74, 6) is 0. The molecule has 2 rings (SSSR count). The highest BCUT2D eigenvalue weighted by atomic mass is 15.0. The van der Waals surface area contributed by atoms with Crippen LogP contribution >= 0.6 is 0 Å². The van der Waals surface area contributed by atoms with Crippen molar-refractivity contribution in [3.63, 3.8) is 0 Å². The number of pyridine rings is 1. The summed E-state index contributed by atoms with van der Waals surface area (Å²) >= 11 is 0. The van der Waals surface area contributed by atoms with Crippen LogP contribution in [0.15, 0.2) is 18.3 Å². The molecule has 1 aromatic heterocycles. The molecule has 1 saturated carbocycles. The van der Waals surface area contributed by atoms with Gasteiger partial charge in [0.15, 0.2) is 6.71 Å². The molecule has 3 nitrogen and oxygen atoms in total. The van der Waals surface area contributed by atoms with E-state index in [1.54, 1.807) is 6.20 Å². The van der Waals surface area contributed by atoms with Gasteiger partial charge < -0.3 is 0 Å². The maximum Gasteiger partial charge on any atom is 0.172 e. The summed E-state index contributed by atoms with van der Waals surface area (Å²) in [6.45, 7) is 4.84. The largest absolute Gasteiger partial charge is 0.293 e. The van der Waals surface area contributed by atoms with Crippen LogP contribution < -0.4 is 11.0 Å². The van der Waals surface area contributed by atoms with Gasteiger partial charge in [-0.1, -0.05) is 76.5 Å². The van der Waals surface area contributed by atoms with Crippen LogP contribution in [0.2, 0.25) is 13.1 Å². The Hall–Kier alpha value is -1.32. The van der Waals surface area contributed by atoms with Crippen molar-refractivity contribution in [1.29, 1.82) is 10.8 Å². The van der Waals surface area contributed by atoms with Gasteiger partial charge in [0.25, 0.3) is 0 Å². The molecule has 2 N–H and O–H groups in total. The van der Waals surface area contributed by atoms with Gasteiger partial charge in [0.2, 0.25) is 0 Å². The van der Waals surface area contributed by atoms with E-state index in [9.17, 15) is 0 Å². The zero-order chi connectivity index (χ0) is 14.8. The molecule has 1 aromatic rings. The van der Waals surface area contributed by atoms with Crippen LogP contribution in [0, 0.1) is 10.8 Å². The average Bonchev–Trinajstić information content (AvgIpc) is 2.50. The molecule has 1 aliphatic rings. The fourth-order valence-electron chi connectivity index (χ4n) is 2.61. The van der Waals surface area contributed by atoms with Crippen LogP contribution in [0.25, 0.3) is 0 Å². The number of hydrogen-bond donors (Lipinski definition) is 2. The number of rotatable bonds is 4. The average molecular weight is 273 g/mol. The Morgan fingerprint density at radius 3 is 2.15 bits per heavy atom. The Labute approximate surface area is 123 Å². The topological polar surface area (TPSA) is 52.6 Å². The van der Waals surface area contributed by atoms with Crippen LogP contribution in [-0.2, 0) is 0 Å². The van der Waals surface area contributed by atoms with Gasteiger partial charge in [-0.2, -0.15) is 0 Å². The predicted octanol–water partition coefficient (Wildman–Crippen LogP) is 3.50. The fourth-order valence-corrected chi connectivity index (χ4v) is 2.61. The molecule has 0 bridgehead atoms. The quantitative estimate of drug-likeness (QED) is 0.479. The Bertz CT molecular complexity index is 438. The standard InChI is InChI=1S/C10H16BN3.C6H12/c1-3-5-11(2)9-4-6-14(8-12)10(13)7-9;1-2-4-6-5-3-1/h4,6-8,12-13H,3,5H2,1-2H3;1-6H2. The van der Waals surface area contributed by atoms with Crippen molar-refractivity contribution < 1.29 is 0 Å². The van der Waals surface area contributed by atoms with E-state index in [0.29, 0.717) is 12.2 Å². The zero-order valence-electron chi connectivity index (χ0n) is 13.0. The van der Waals surface area contributed by atoms with Gasteiger partial charge in [-0.15, -0.1) is 0 Å². The monoisotopic (exact) mass is 273 g/mol. The van der Waals surface area contributed by atoms with Crippen molar-refractivity contribution >= 4 is 18.5 Å². The van der Waals surface area contributed by atoms with Gasteiger partial charge in [0, 0.05) is 6.20 Å². The Morgan fingerprint density at radius 1 is 1.20 bits per heavy atom. The molecular formula is C16H28BN3. The molecule has 1 fully saturated rings. The first-order valence-corrected chi connectivity index (χ1v) is 7.96. The first-order valence-electron chi connectivity index (χ1n) is 7.96. The van der Waals surface area contributed by atoms with E-state index < -0.39 is 0 Å². The second-order valence-corrected chi connectivity index (χ2v) is 5.69. The second kappa shape index (κ2) is 9.57. The highest BCUT2D eigenvalue weighted by molar-refractivity contribution is 6.71. The maximum absolute atomic E-state index is 7.65. The molecule has 0 spiro atoms. The summed E-state index contributed by atoms with van der Waals surface area (Å²) in [6, 6.07) is 3.83. The minimum absolute atomic E-state index is 0.375. The van der Waals surface area contributed by atoms with Gasteiger partial charge in [-0.05, 0) is 6.07 Å². The molecule has 0 aromatic carbocycles. The van der Waals surface area contributed by atoms with Gasteiger partial charge in [-0.25, -0.2) is 0 Å². The molecule has 0 atom stereocenters. The number of aromatic nitrogens is 1. The normalized spacial score (nSPS) is 14.1. The fraction of sp³-hybridized carbons (Fsp3) is 0.625.